The molecule has 140 valence electrons. The number of benzene rings is 2. The second-order valence-corrected chi connectivity index (χ2v) is 6.99. The molecule has 1 aliphatic rings. The first-order valence-corrected chi connectivity index (χ1v) is 9.28. The van der Waals surface area contributed by atoms with Crippen LogP contribution in [0.5, 0.6) is 5.75 Å². The van der Waals surface area contributed by atoms with Gasteiger partial charge in [0.2, 0.25) is 11.7 Å². The first-order chi connectivity index (χ1) is 13.2. The summed E-state index contributed by atoms with van der Waals surface area (Å²) in [6.45, 7) is 1.15. The molecule has 1 aromatic heterocycles. The van der Waals surface area contributed by atoms with Gasteiger partial charge in [0.05, 0.1) is 6.54 Å². The van der Waals surface area contributed by atoms with Crippen molar-refractivity contribution in [3.63, 3.8) is 0 Å². The van der Waals surface area contributed by atoms with Gasteiger partial charge < -0.3 is 9.63 Å². The Labute approximate surface area is 157 Å². The highest BCUT2D eigenvalue weighted by Crippen LogP contribution is 2.28. The summed E-state index contributed by atoms with van der Waals surface area (Å²) in [4.78, 5) is 6.78. The molecule has 0 bridgehead atoms. The summed E-state index contributed by atoms with van der Waals surface area (Å²) in [5, 5.41) is 14.2. The molecule has 0 radical (unpaired) electrons. The van der Waals surface area contributed by atoms with Gasteiger partial charge in [-0.25, -0.2) is 4.39 Å². The second-order valence-electron chi connectivity index (χ2n) is 6.99. The molecule has 1 N–H and O–H groups in total. The number of hydrogen-bond acceptors (Lipinski definition) is 5. The molecule has 0 saturated heterocycles. The summed E-state index contributed by atoms with van der Waals surface area (Å²) in [6.07, 6.45) is 4.69. The van der Waals surface area contributed by atoms with Crippen LogP contribution in [0.4, 0.5) is 4.39 Å². The van der Waals surface area contributed by atoms with Crippen molar-refractivity contribution >= 4 is 0 Å². The predicted molar refractivity (Wildman–Crippen MR) is 99.3 cm³/mol. The lowest BCUT2D eigenvalue weighted by atomic mass is 10.1. The molecular weight excluding hydrogens is 345 g/mol. The van der Waals surface area contributed by atoms with Gasteiger partial charge in [0.1, 0.15) is 11.6 Å². The van der Waals surface area contributed by atoms with E-state index >= 15 is 0 Å². The van der Waals surface area contributed by atoms with Crippen LogP contribution in [0.2, 0.25) is 0 Å². The van der Waals surface area contributed by atoms with E-state index in [1.54, 1.807) is 18.2 Å². The van der Waals surface area contributed by atoms with Gasteiger partial charge in [0.15, 0.2) is 0 Å². The van der Waals surface area contributed by atoms with Crippen LogP contribution in [-0.4, -0.2) is 26.2 Å². The fourth-order valence-electron chi connectivity index (χ4n) is 3.66. The first-order valence-electron chi connectivity index (χ1n) is 9.28. The van der Waals surface area contributed by atoms with Gasteiger partial charge in [-0.1, -0.05) is 36.2 Å². The van der Waals surface area contributed by atoms with E-state index in [-0.39, 0.29) is 5.82 Å². The lowest BCUT2D eigenvalue weighted by Crippen LogP contribution is -2.32. The topological polar surface area (TPSA) is 62.4 Å². The fourth-order valence-corrected chi connectivity index (χ4v) is 3.66. The summed E-state index contributed by atoms with van der Waals surface area (Å²) in [5.74, 6) is 0.992. The smallest absolute Gasteiger partial charge is 0.241 e. The van der Waals surface area contributed by atoms with E-state index in [1.165, 1.54) is 25.0 Å². The van der Waals surface area contributed by atoms with E-state index in [0.29, 0.717) is 36.6 Å². The number of aromatic nitrogens is 2. The molecule has 6 heteroatoms. The highest BCUT2D eigenvalue weighted by Gasteiger charge is 2.25. The molecule has 3 aromatic rings. The zero-order valence-electron chi connectivity index (χ0n) is 15.0. The number of halogens is 1. The molecule has 5 nitrogen and oxygen atoms in total. The molecule has 27 heavy (non-hydrogen) atoms. The third kappa shape index (κ3) is 4.17. The maximum absolute atomic E-state index is 13.1. The maximum atomic E-state index is 13.1. The van der Waals surface area contributed by atoms with Gasteiger partial charge in [-0.05, 0) is 43.2 Å². The molecule has 4 rings (SSSR count). The van der Waals surface area contributed by atoms with E-state index in [1.807, 2.05) is 18.2 Å². The van der Waals surface area contributed by atoms with Crippen LogP contribution in [0.3, 0.4) is 0 Å². The van der Waals surface area contributed by atoms with Crippen LogP contribution in [-0.2, 0) is 13.1 Å². The van der Waals surface area contributed by atoms with E-state index in [4.69, 9.17) is 4.52 Å². The van der Waals surface area contributed by atoms with E-state index < -0.39 is 0 Å². The van der Waals surface area contributed by atoms with E-state index in [9.17, 15) is 9.50 Å². The van der Waals surface area contributed by atoms with Gasteiger partial charge in [-0.3, -0.25) is 4.90 Å². The minimum atomic E-state index is -0.294. The monoisotopic (exact) mass is 367 g/mol. The van der Waals surface area contributed by atoms with E-state index in [2.05, 4.69) is 15.0 Å². The Kier molecular flexibility index (Phi) is 5.16. The summed E-state index contributed by atoms with van der Waals surface area (Å²) < 4.78 is 18.5. The van der Waals surface area contributed by atoms with Crippen molar-refractivity contribution in [2.45, 2.75) is 44.8 Å². The third-order valence-electron chi connectivity index (χ3n) is 5.12. The zero-order valence-corrected chi connectivity index (χ0v) is 15.0. The molecule has 0 amide bonds. The second kappa shape index (κ2) is 7.88. The van der Waals surface area contributed by atoms with Crippen LogP contribution >= 0.6 is 0 Å². The van der Waals surface area contributed by atoms with Crippen LogP contribution in [0.1, 0.15) is 37.1 Å². The summed E-state index contributed by atoms with van der Waals surface area (Å²) in [7, 11) is 0. The van der Waals surface area contributed by atoms with Gasteiger partial charge in [0.25, 0.3) is 0 Å². The van der Waals surface area contributed by atoms with Crippen molar-refractivity contribution in [1.82, 2.24) is 15.0 Å². The summed E-state index contributed by atoms with van der Waals surface area (Å²) in [6, 6.07) is 13.9. The Morgan fingerprint density at radius 1 is 1.04 bits per heavy atom. The third-order valence-corrected chi connectivity index (χ3v) is 5.12. The minimum Gasteiger partial charge on any atom is -0.508 e. The number of para-hydroxylation sites is 1. The molecule has 1 heterocycles. The largest absolute Gasteiger partial charge is 0.508 e. The van der Waals surface area contributed by atoms with Crippen LogP contribution in [0.15, 0.2) is 53.1 Å². The highest BCUT2D eigenvalue weighted by atomic mass is 19.1. The number of hydrogen-bond donors (Lipinski definition) is 1. The van der Waals surface area contributed by atoms with Crippen LogP contribution < -0.4 is 0 Å². The quantitative estimate of drug-likeness (QED) is 0.694. The average molecular weight is 367 g/mol. The predicted octanol–water partition coefficient (Wildman–Crippen LogP) is 4.53. The fraction of sp³-hybridized carbons (Fsp3) is 0.333. The van der Waals surface area contributed by atoms with Crippen molar-refractivity contribution in [3.05, 3.63) is 65.8 Å². The Balaban J connectivity index is 1.53. The molecule has 0 atom stereocenters. The Hall–Kier alpha value is -2.73. The highest BCUT2D eigenvalue weighted by molar-refractivity contribution is 5.53. The molecule has 1 saturated carbocycles. The minimum absolute atomic E-state index is 0.294. The van der Waals surface area contributed by atoms with Gasteiger partial charge in [-0.15, -0.1) is 0 Å². The lowest BCUT2D eigenvalue weighted by molar-refractivity contribution is 0.156. The normalized spacial score (nSPS) is 14.9. The summed E-state index contributed by atoms with van der Waals surface area (Å²) >= 11 is 0. The SMILES string of the molecule is Oc1ccccc1CN(Cc1nc(-c2ccc(F)cc2)no1)C1CCCC1. The van der Waals surface area contributed by atoms with E-state index in [0.717, 1.165) is 24.0 Å². The molecular formula is C21H22FN3O2. The number of nitrogens with zero attached hydrogens (tertiary/aromatic N) is 3. The molecule has 2 aromatic carbocycles. The maximum Gasteiger partial charge on any atom is 0.241 e. The molecule has 0 spiro atoms. The number of phenolic OH excluding ortho intramolecular Hbond substituents is 1. The lowest BCUT2D eigenvalue weighted by Gasteiger charge is -2.27. The molecule has 0 aliphatic heterocycles. The first kappa shape index (κ1) is 17.7. The number of phenols is 1. The Morgan fingerprint density at radius 2 is 1.78 bits per heavy atom. The number of aromatic hydroxyl groups is 1. The van der Waals surface area contributed by atoms with Crippen LogP contribution in [0.25, 0.3) is 11.4 Å². The molecule has 1 fully saturated rings. The van der Waals surface area contributed by atoms with Gasteiger partial charge in [-0.2, -0.15) is 4.98 Å². The standard InChI is InChI=1S/C21H22FN3O2/c22-17-11-9-15(10-12-17)21-23-20(27-24-21)14-25(18-6-2-3-7-18)13-16-5-1-4-8-19(16)26/h1,4-5,8-12,18,26H,2-3,6-7,13-14H2. The Bertz CT molecular complexity index is 888. The van der Waals surface area contributed by atoms with Crippen molar-refractivity contribution < 1.29 is 14.0 Å². The van der Waals surface area contributed by atoms with Crippen molar-refractivity contribution in [2.75, 3.05) is 0 Å². The zero-order chi connectivity index (χ0) is 18.6. The van der Waals surface area contributed by atoms with Crippen molar-refractivity contribution in [2.24, 2.45) is 0 Å². The van der Waals surface area contributed by atoms with Gasteiger partial charge in [0, 0.05) is 23.7 Å². The van der Waals surface area contributed by atoms with Crippen LogP contribution in [0, 0.1) is 5.82 Å². The summed E-state index contributed by atoms with van der Waals surface area (Å²) in [5.41, 5.74) is 1.61. The number of rotatable bonds is 6. The van der Waals surface area contributed by atoms with Gasteiger partial charge >= 0.3 is 0 Å². The van der Waals surface area contributed by atoms with Crippen molar-refractivity contribution in [1.29, 1.82) is 0 Å². The average Bonchev–Trinajstić information content (AvgIpc) is 3.36. The molecule has 1 aliphatic carbocycles. The molecule has 0 unspecified atom stereocenters. The van der Waals surface area contributed by atoms with Crippen molar-refractivity contribution in [3.8, 4) is 17.1 Å². The Morgan fingerprint density at radius 3 is 2.52 bits per heavy atom.